The monoisotopic (exact) mass is 224 g/mol. The fourth-order valence-corrected chi connectivity index (χ4v) is 1.07. The maximum Gasteiger partial charge on any atom is 0.335 e. The minimum absolute atomic E-state index is 0.135. The molecule has 6 nitrogen and oxygen atoms in total. The zero-order chi connectivity index (χ0) is 12.0. The second kappa shape index (κ2) is 5.69. The average Bonchev–Trinajstić information content (AvgIpc) is 2.29. The third kappa shape index (κ3) is 3.23. The molecule has 0 atom stereocenters. The Hall–Kier alpha value is -2.11. The van der Waals surface area contributed by atoms with Crippen LogP contribution in [0.5, 0.6) is 6.01 Å². The molecule has 1 heterocycles. The Morgan fingerprint density at radius 2 is 2.06 bits per heavy atom. The van der Waals surface area contributed by atoms with Gasteiger partial charge in [-0.05, 0) is 5.56 Å². The number of rotatable bonds is 5. The second-order valence-electron chi connectivity index (χ2n) is 2.94. The predicted octanol–water partition coefficient (Wildman–Crippen LogP) is 0.643. The Bertz CT molecular complexity index is 386. The lowest BCUT2D eigenvalue weighted by Crippen LogP contribution is -2.05. The number of aliphatic carboxylic acids is 1. The van der Waals surface area contributed by atoms with Crippen molar-refractivity contribution in [2.45, 2.75) is 6.42 Å². The van der Waals surface area contributed by atoms with E-state index in [-0.39, 0.29) is 18.0 Å². The van der Waals surface area contributed by atoms with Crippen LogP contribution in [0.1, 0.15) is 5.56 Å². The highest BCUT2D eigenvalue weighted by atomic mass is 16.5. The maximum absolute atomic E-state index is 10.8. The first kappa shape index (κ1) is 12.0. The SMILES string of the molecule is CO/C=C(/Cc1cnc(OC)nc1)C(=O)O. The first-order valence-electron chi connectivity index (χ1n) is 4.47. The lowest BCUT2D eigenvalue weighted by molar-refractivity contribution is -0.132. The average molecular weight is 224 g/mol. The minimum Gasteiger partial charge on any atom is -0.504 e. The van der Waals surface area contributed by atoms with Gasteiger partial charge in [0.2, 0.25) is 0 Å². The van der Waals surface area contributed by atoms with Crippen LogP contribution < -0.4 is 4.74 Å². The summed E-state index contributed by atoms with van der Waals surface area (Å²) in [6, 6.07) is 0.247. The van der Waals surface area contributed by atoms with E-state index in [2.05, 4.69) is 14.7 Å². The van der Waals surface area contributed by atoms with Crippen LogP contribution in [0.25, 0.3) is 0 Å². The van der Waals surface area contributed by atoms with Crippen molar-refractivity contribution < 1.29 is 19.4 Å². The van der Waals surface area contributed by atoms with Crippen molar-refractivity contribution >= 4 is 5.97 Å². The van der Waals surface area contributed by atoms with E-state index < -0.39 is 5.97 Å². The first-order chi connectivity index (χ1) is 7.67. The number of carboxylic acids is 1. The van der Waals surface area contributed by atoms with E-state index in [9.17, 15) is 4.79 Å². The molecule has 0 aliphatic heterocycles. The summed E-state index contributed by atoms with van der Waals surface area (Å²) in [5.41, 5.74) is 0.808. The van der Waals surface area contributed by atoms with Gasteiger partial charge in [-0.2, -0.15) is 0 Å². The Kier molecular flexibility index (Phi) is 4.26. The number of nitrogens with zero attached hydrogens (tertiary/aromatic N) is 2. The van der Waals surface area contributed by atoms with Crippen molar-refractivity contribution in [3.8, 4) is 6.01 Å². The summed E-state index contributed by atoms with van der Waals surface area (Å²) in [4.78, 5) is 18.6. The lowest BCUT2D eigenvalue weighted by atomic mass is 10.1. The molecular weight excluding hydrogens is 212 g/mol. The van der Waals surface area contributed by atoms with E-state index in [4.69, 9.17) is 9.84 Å². The predicted molar refractivity (Wildman–Crippen MR) is 55.0 cm³/mol. The molecule has 86 valence electrons. The van der Waals surface area contributed by atoms with Crippen LogP contribution in [-0.4, -0.2) is 35.3 Å². The van der Waals surface area contributed by atoms with Crippen LogP contribution in [0.4, 0.5) is 0 Å². The molecule has 1 aromatic heterocycles. The fourth-order valence-electron chi connectivity index (χ4n) is 1.07. The molecule has 0 fully saturated rings. The topological polar surface area (TPSA) is 81.5 Å². The minimum atomic E-state index is -1.03. The standard InChI is InChI=1S/C10H12N2O4/c1-15-6-8(9(13)14)3-7-4-11-10(16-2)12-5-7/h4-6H,3H2,1-2H3,(H,13,14)/b8-6-. The molecule has 0 saturated heterocycles. The summed E-state index contributed by atoms with van der Waals surface area (Å²) in [5.74, 6) is -1.03. The highest BCUT2D eigenvalue weighted by Crippen LogP contribution is 2.08. The zero-order valence-electron chi connectivity index (χ0n) is 9.01. The van der Waals surface area contributed by atoms with Gasteiger partial charge in [-0.15, -0.1) is 0 Å². The summed E-state index contributed by atoms with van der Waals surface area (Å²) in [6.45, 7) is 0. The molecule has 0 amide bonds. The number of methoxy groups -OCH3 is 2. The Morgan fingerprint density at radius 3 is 2.50 bits per heavy atom. The molecule has 16 heavy (non-hydrogen) atoms. The van der Waals surface area contributed by atoms with Crippen molar-refractivity contribution in [3.05, 3.63) is 29.8 Å². The molecule has 0 aliphatic carbocycles. The Morgan fingerprint density at radius 1 is 1.44 bits per heavy atom. The van der Waals surface area contributed by atoms with E-state index in [1.165, 1.54) is 32.9 Å². The summed E-state index contributed by atoms with van der Waals surface area (Å²) >= 11 is 0. The number of carboxylic acid groups (broad SMARTS) is 1. The molecule has 1 aromatic rings. The first-order valence-corrected chi connectivity index (χ1v) is 4.47. The number of carbonyl (C=O) groups is 1. The van der Waals surface area contributed by atoms with E-state index in [0.717, 1.165) is 0 Å². The number of hydrogen-bond donors (Lipinski definition) is 1. The largest absolute Gasteiger partial charge is 0.504 e. The van der Waals surface area contributed by atoms with E-state index >= 15 is 0 Å². The molecule has 6 heteroatoms. The van der Waals surface area contributed by atoms with Gasteiger partial charge >= 0.3 is 12.0 Å². The summed E-state index contributed by atoms with van der Waals surface area (Å²) in [7, 11) is 2.86. The summed E-state index contributed by atoms with van der Waals surface area (Å²) in [5, 5.41) is 8.85. The van der Waals surface area contributed by atoms with Crippen LogP contribution in [-0.2, 0) is 16.0 Å². The normalized spacial score (nSPS) is 11.0. The van der Waals surface area contributed by atoms with E-state index in [1.54, 1.807) is 0 Å². The van der Waals surface area contributed by atoms with Crippen LogP contribution >= 0.6 is 0 Å². The van der Waals surface area contributed by atoms with Gasteiger partial charge in [-0.3, -0.25) is 0 Å². The quantitative estimate of drug-likeness (QED) is 0.584. The van der Waals surface area contributed by atoms with Gasteiger partial charge in [-0.25, -0.2) is 14.8 Å². The molecule has 0 radical (unpaired) electrons. The molecule has 0 saturated carbocycles. The van der Waals surface area contributed by atoms with Crippen molar-refractivity contribution in [1.82, 2.24) is 9.97 Å². The summed E-state index contributed by atoms with van der Waals surface area (Å²) < 4.78 is 9.47. The maximum atomic E-state index is 10.8. The van der Waals surface area contributed by atoms with Crippen LogP contribution in [0.15, 0.2) is 24.2 Å². The molecule has 1 rings (SSSR count). The molecule has 0 spiro atoms. The van der Waals surface area contributed by atoms with Gasteiger partial charge in [0.15, 0.2) is 0 Å². The molecular formula is C10H12N2O4. The zero-order valence-corrected chi connectivity index (χ0v) is 9.01. The van der Waals surface area contributed by atoms with Crippen LogP contribution in [0.3, 0.4) is 0 Å². The van der Waals surface area contributed by atoms with Crippen LogP contribution in [0.2, 0.25) is 0 Å². The molecule has 0 aliphatic rings. The Labute approximate surface area is 92.6 Å². The van der Waals surface area contributed by atoms with E-state index in [0.29, 0.717) is 5.56 Å². The lowest BCUT2D eigenvalue weighted by Gasteiger charge is -2.02. The molecule has 0 bridgehead atoms. The van der Waals surface area contributed by atoms with Gasteiger partial charge in [0.25, 0.3) is 0 Å². The smallest absolute Gasteiger partial charge is 0.335 e. The summed E-state index contributed by atoms with van der Waals surface area (Å²) in [6.07, 6.45) is 4.41. The van der Waals surface area contributed by atoms with Crippen molar-refractivity contribution in [1.29, 1.82) is 0 Å². The van der Waals surface area contributed by atoms with Gasteiger partial charge in [0.1, 0.15) is 0 Å². The van der Waals surface area contributed by atoms with Crippen molar-refractivity contribution in [2.75, 3.05) is 14.2 Å². The fraction of sp³-hybridized carbons (Fsp3) is 0.300. The van der Waals surface area contributed by atoms with E-state index in [1.807, 2.05) is 0 Å². The van der Waals surface area contributed by atoms with Crippen molar-refractivity contribution in [3.63, 3.8) is 0 Å². The number of aromatic nitrogens is 2. The Balaban J connectivity index is 2.78. The van der Waals surface area contributed by atoms with Crippen LogP contribution in [0, 0.1) is 0 Å². The van der Waals surface area contributed by atoms with Gasteiger partial charge < -0.3 is 14.6 Å². The molecule has 0 aromatic carbocycles. The van der Waals surface area contributed by atoms with Gasteiger partial charge in [0, 0.05) is 18.8 Å². The highest BCUT2D eigenvalue weighted by Gasteiger charge is 2.09. The third-order valence-corrected chi connectivity index (χ3v) is 1.79. The number of ether oxygens (including phenoxy) is 2. The van der Waals surface area contributed by atoms with Crippen molar-refractivity contribution in [2.24, 2.45) is 0 Å². The number of hydrogen-bond acceptors (Lipinski definition) is 5. The molecule has 0 unspecified atom stereocenters. The van der Waals surface area contributed by atoms with Gasteiger partial charge in [-0.1, -0.05) is 0 Å². The third-order valence-electron chi connectivity index (χ3n) is 1.79. The van der Waals surface area contributed by atoms with Gasteiger partial charge in [0.05, 0.1) is 26.1 Å². The highest BCUT2D eigenvalue weighted by molar-refractivity contribution is 5.86. The second-order valence-corrected chi connectivity index (χ2v) is 2.94. The molecule has 1 N–H and O–H groups in total.